The van der Waals surface area contributed by atoms with Crippen LogP contribution < -0.4 is 5.19 Å². The standard InChI is InChI=1S/C27H25OSi3/c1-18-17-31(3,29-30(2)28-18)27-23-11-7-6-10-21(23)16-26-24(27)13-12-22-14-19-8-4-5-9-20(19)15-25(22)26/h4-16,18H,17H2,1-3H3. The first-order chi connectivity index (χ1) is 15.0. The fourth-order valence-corrected chi connectivity index (χ4v) is 25.7. The lowest BCUT2D eigenvalue weighted by atomic mass is 9.96. The van der Waals surface area contributed by atoms with Crippen molar-refractivity contribution in [1.82, 2.24) is 0 Å². The van der Waals surface area contributed by atoms with Gasteiger partial charge < -0.3 is 4.43 Å². The summed E-state index contributed by atoms with van der Waals surface area (Å²) >= 11 is 0. The van der Waals surface area contributed by atoms with E-state index in [2.05, 4.69) is 98.9 Å². The molecular formula is C27H25OSi3. The van der Waals surface area contributed by atoms with Crippen molar-refractivity contribution in [3.8, 4) is 0 Å². The van der Waals surface area contributed by atoms with Gasteiger partial charge in [-0.25, -0.2) is 0 Å². The molecule has 1 heterocycles. The van der Waals surface area contributed by atoms with E-state index in [-0.39, 0.29) is 0 Å². The Hall–Kier alpha value is -2.25. The van der Waals surface area contributed by atoms with Crippen LogP contribution in [0.3, 0.4) is 0 Å². The smallest absolute Gasteiger partial charge is 0.185 e. The Kier molecular flexibility index (Phi) is 4.47. The molecule has 1 aliphatic heterocycles. The fraction of sp³-hybridized carbons (Fsp3) is 0.185. The molecule has 1 aliphatic rings. The summed E-state index contributed by atoms with van der Waals surface area (Å²) in [5.74, 6) is 0. The van der Waals surface area contributed by atoms with Gasteiger partial charge in [0.2, 0.25) is 0 Å². The van der Waals surface area contributed by atoms with Crippen LogP contribution in [0, 0.1) is 0 Å². The van der Waals surface area contributed by atoms with Crippen molar-refractivity contribution in [2.24, 2.45) is 0 Å². The Morgan fingerprint density at radius 2 is 1.42 bits per heavy atom. The van der Waals surface area contributed by atoms with E-state index >= 15 is 0 Å². The minimum absolute atomic E-state index is 0.384. The fourth-order valence-electron chi connectivity index (χ4n) is 5.71. The molecule has 6 rings (SSSR count). The highest BCUT2D eigenvalue weighted by molar-refractivity contribution is 7.51. The lowest BCUT2D eigenvalue weighted by Gasteiger charge is -2.39. The van der Waals surface area contributed by atoms with E-state index < -0.39 is 16.1 Å². The molecule has 5 aromatic carbocycles. The first-order valence-corrected chi connectivity index (χ1v) is 18.7. The lowest BCUT2D eigenvalue weighted by molar-refractivity contribution is 0.249. The number of rotatable bonds is 1. The second kappa shape index (κ2) is 7.14. The van der Waals surface area contributed by atoms with E-state index in [4.69, 9.17) is 4.43 Å². The van der Waals surface area contributed by atoms with E-state index in [1.807, 2.05) is 0 Å². The van der Waals surface area contributed by atoms with Crippen LogP contribution in [0.15, 0.2) is 78.9 Å². The Morgan fingerprint density at radius 1 is 0.774 bits per heavy atom. The number of fused-ring (bicyclic) bond motifs is 5. The predicted octanol–water partition coefficient (Wildman–Crippen LogP) is 6.32. The molecule has 0 amide bonds. The zero-order chi connectivity index (χ0) is 21.2. The maximum Gasteiger partial charge on any atom is 0.185 e. The van der Waals surface area contributed by atoms with Gasteiger partial charge in [0, 0.05) is 6.10 Å². The second-order valence-corrected chi connectivity index (χ2v) is 22.8. The van der Waals surface area contributed by atoms with Crippen LogP contribution in [0.2, 0.25) is 19.1 Å². The van der Waals surface area contributed by atoms with Crippen molar-refractivity contribution < 1.29 is 4.43 Å². The Balaban J connectivity index is 1.75. The molecule has 0 N–H and O–H groups in total. The Morgan fingerprint density at radius 3 is 2.19 bits per heavy atom. The third-order valence-corrected chi connectivity index (χ3v) is 24.1. The molecule has 0 spiro atoms. The van der Waals surface area contributed by atoms with Gasteiger partial charge in [-0.1, -0.05) is 67.2 Å². The van der Waals surface area contributed by atoms with Crippen LogP contribution in [0.4, 0.5) is 0 Å². The highest BCUT2D eigenvalue weighted by Gasteiger charge is 2.41. The van der Waals surface area contributed by atoms with Crippen molar-refractivity contribution in [2.45, 2.75) is 32.2 Å². The summed E-state index contributed by atoms with van der Waals surface area (Å²) in [6.45, 7) is 7.29. The maximum atomic E-state index is 6.29. The molecule has 1 nitrogen and oxygen atoms in total. The van der Waals surface area contributed by atoms with E-state index in [0.717, 1.165) is 8.55 Å². The Bertz CT molecular complexity index is 1470. The predicted molar refractivity (Wildman–Crippen MR) is 140 cm³/mol. The normalized spacial score (nSPS) is 22.6. The molecule has 0 saturated carbocycles. The molecular weight excluding hydrogens is 425 g/mol. The molecule has 3 radical (unpaired) electrons. The summed E-state index contributed by atoms with van der Waals surface area (Å²) in [4.78, 5) is 0. The van der Waals surface area contributed by atoms with Crippen molar-refractivity contribution in [3.63, 3.8) is 0 Å². The average Bonchev–Trinajstić information content (AvgIpc) is 2.75. The molecule has 31 heavy (non-hydrogen) atoms. The molecule has 2 atom stereocenters. The van der Waals surface area contributed by atoms with Crippen LogP contribution in [-0.4, -0.2) is 30.8 Å². The van der Waals surface area contributed by atoms with Gasteiger partial charge >= 0.3 is 0 Å². The van der Waals surface area contributed by atoms with Gasteiger partial charge in [0.1, 0.15) is 0 Å². The largest absolute Gasteiger partial charge is 0.419 e. The minimum Gasteiger partial charge on any atom is -0.419 e. The van der Waals surface area contributed by atoms with Crippen molar-refractivity contribution in [1.29, 1.82) is 0 Å². The topological polar surface area (TPSA) is 9.23 Å². The van der Waals surface area contributed by atoms with E-state index in [9.17, 15) is 0 Å². The number of hydrogen-bond acceptors (Lipinski definition) is 1. The second-order valence-electron chi connectivity index (χ2n) is 9.20. The quantitative estimate of drug-likeness (QED) is 0.165. The highest BCUT2D eigenvalue weighted by Crippen LogP contribution is 2.34. The first-order valence-electron chi connectivity index (χ1n) is 11.1. The summed E-state index contributed by atoms with van der Waals surface area (Å²) < 4.78 is 6.29. The molecule has 0 bridgehead atoms. The van der Waals surface area contributed by atoms with E-state index in [1.54, 1.807) is 5.19 Å². The van der Waals surface area contributed by atoms with Crippen LogP contribution in [0.1, 0.15) is 6.92 Å². The van der Waals surface area contributed by atoms with E-state index in [0.29, 0.717) is 6.10 Å². The zero-order valence-electron chi connectivity index (χ0n) is 18.2. The van der Waals surface area contributed by atoms with Crippen molar-refractivity contribution in [3.05, 3.63) is 78.9 Å². The van der Waals surface area contributed by atoms with E-state index in [1.165, 1.54) is 49.1 Å². The zero-order valence-corrected chi connectivity index (χ0v) is 21.2. The van der Waals surface area contributed by atoms with Gasteiger partial charge in [-0.15, -0.1) is 0 Å². The van der Waals surface area contributed by atoms with Gasteiger partial charge in [-0.2, -0.15) is 0 Å². The molecule has 5 aromatic rings. The van der Waals surface area contributed by atoms with Gasteiger partial charge in [0.15, 0.2) is 8.56 Å². The van der Waals surface area contributed by atoms with Gasteiger partial charge in [0.05, 0.1) is 16.1 Å². The van der Waals surface area contributed by atoms with Crippen LogP contribution in [0.25, 0.3) is 43.1 Å². The highest BCUT2D eigenvalue weighted by atomic mass is 29.6. The monoisotopic (exact) mass is 449 g/mol. The average molecular weight is 450 g/mol. The van der Waals surface area contributed by atoms with Gasteiger partial charge in [-0.3, -0.25) is 0 Å². The molecule has 1 saturated heterocycles. The molecule has 2 unspecified atom stereocenters. The number of hydrogen-bond donors (Lipinski definition) is 0. The van der Waals surface area contributed by atoms with Crippen LogP contribution in [-0.2, 0) is 4.43 Å². The molecule has 0 aliphatic carbocycles. The summed E-state index contributed by atoms with van der Waals surface area (Å²) in [6.07, 6.45) is 0.384. The Labute approximate surface area is 188 Å². The summed E-state index contributed by atoms with van der Waals surface area (Å²) in [5.41, 5.74) is 0. The lowest BCUT2D eigenvalue weighted by Crippen LogP contribution is -2.62. The molecule has 151 valence electrons. The van der Waals surface area contributed by atoms with Gasteiger partial charge in [-0.05, 0) is 86.0 Å². The molecule has 0 aromatic heterocycles. The summed E-state index contributed by atoms with van der Waals surface area (Å²) in [7, 11) is -1.38. The molecule has 4 heteroatoms. The van der Waals surface area contributed by atoms with Gasteiger partial charge in [0.25, 0.3) is 0 Å². The minimum atomic E-state index is -1.66. The number of benzene rings is 5. The van der Waals surface area contributed by atoms with Crippen molar-refractivity contribution in [2.75, 3.05) is 0 Å². The maximum absolute atomic E-state index is 6.29. The summed E-state index contributed by atoms with van der Waals surface area (Å²) in [5, 5.41) is 12.8. The van der Waals surface area contributed by atoms with Crippen molar-refractivity contribution >= 4 is 73.0 Å². The van der Waals surface area contributed by atoms with Crippen LogP contribution >= 0.6 is 0 Å². The van der Waals surface area contributed by atoms with Crippen LogP contribution in [0.5, 0.6) is 0 Å². The summed E-state index contributed by atoms with van der Waals surface area (Å²) in [6, 6.07) is 31.0. The third kappa shape index (κ3) is 3.12. The SMILES string of the molecule is CC1C[Si](C)(c2c3ccccc3cc3c2ccc2cc4ccccc4cc23)[Si][Si](C)O1. The molecule has 1 fully saturated rings. The first kappa shape index (κ1) is 19.4. The third-order valence-electron chi connectivity index (χ3n) is 6.80.